The van der Waals surface area contributed by atoms with Crippen molar-refractivity contribution < 1.29 is 0 Å². The van der Waals surface area contributed by atoms with Gasteiger partial charge in [-0.3, -0.25) is 4.79 Å². The highest BCUT2D eigenvalue weighted by Crippen LogP contribution is 2.30. The Morgan fingerprint density at radius 3 is 3.00 bits per heavy atom. The molecule has 1 aromatic heterocycles. The number of anilines is 1. The molecule has 1 aliphatic heterocycles. The minimum atomic E-state index is -0.0477. The van der Waals surface area contributed by atoms with E-state index in [1.54, 1.807) is 10.9 Å². The molecule has 0 aromatic carbocycles. The van der Waals surface area contributed by atoms with Gasteiger partial charge in [-0.25, -0.2) is 4.68 Å². The van der Waals surface area contributed by atoms with E-state index in [4.69, 9.17) is 11.6 Å². The van der Waals surface area contributed by atoms with Gasteiger partial charge in [0.1, 0.15) is 5.69 Å². The van der Waals surface area contributed by atoms with Crippen molar-refractivity contribution in [2.75, 3.05) is 24.5 Å². The van der Waals surface area contributed by atoms with E-state index in [9.17, 15) is 4.79 Å². The van der Waals surface area contributed by atoms with Crippen molar-refractivity contribution in [1.29, 1.82) is 0 Å². The molecule has 1 saturated carbocycles. The molecule has 2 aliphatic rings. The third kappa shape index (κ3) is 2.77. The van der Waals surface area contributed by atoms with Crippen molar-refractivity contribution in [1.82, 2.24) is 15.1 Å². The number of nitrogens with zero attached hydrogens (tertiary/aromatic N) is 3. The fourth-order valence-corrected chi connectivity index (χ4v) is 2.80. The number of hydrogen-bond donors (Lipinski definition) is 1. The van der Waals surface area contributed by atoms with Crippen molar-refractivity contribution >= 4 is 17.3 Å². The Bertz CT molecular complexity index is 526. The first-order chi connectivity index (χ1) is 9.15. The Hall–Kier alpha value is -1.07. The van der Waals surface area contributed by atoms with Gasteiger partial charge in [0.05, 0.1) is 11.2 Å². The molecule has 2 fully saturated rings. The maximum Gasteiger partial charge on any atom is 0.291 e. The zero-order valence-corrected chi connectivity index (χ0v) is 11.9. The maximum atomic E-state index is 12.5. The Labute approximate surface area is 117 Å². The molecule has 19 heavy (non-hydrogen) atoms. The minimum Gasteiger partial charge on any atom is -0.363 e. The van der Waals surface area contributed by atoms with Gasteiger partial charge in [0.15, 0.2) is 0 Å². The molecule has 1 N–H and O–H groups in total. The third-order valence-corrected chi connectivity index (χ3v) is 4.06. The average Bonchev–Trinajstić information content (AvgIpc) is 3.17. The molecule has 104 valence electrons. The van der Waals surface area contributed by atoms with Crippen molar-refractivity contribution in [2.24, 2.45) is 5.92 Å². The summed E-state index contributed by atoms with van der Waals surface area (Å²) in [6.45, 7) is 5.34. The molecule has 5 nitrogen and oxygen atoms in total. The predicted octanol–water partition coefficient (Wildman–Crippen LogP) is 1.10. The van der Waals surface area contributed by atoms with Crippen molar-refractivity contribution in [3.8, 4) is 0 Å². The summed E-state index contributed by atoms with van der Waals surface area (Å²) in [5.41, 5.74) is 0.569. The fourth-order valence-electron chi connectivity index (χ4n) is 2.56. The maximum absolute atomic E-state index is 12.5. The Morgan fingerprint density at radius 2 is 2.32 bits per heavy atom. The highest BCUT2D eigenvalue weighted by Gasteiger charge is 2.26. The molecular formula is C13H19ClN4O. The van der Waals surface area contributed by atoms with E-state index in [0.717, 1.165) is 26.2 Å². The number of hydrogen-bond acceptors (Lipinski definition) is 4. The van der Waals surface area contributed by atoms with Gasteiger partial charge >= 0.3 is 0 Å². The molecule has 1 aliphatic carbocycles. The Balaban J connectivity index is 1.91. The van der Waals surface area contributed by atoms with Crippen LogP contribution in [0.1, 0.15) is 19.8 Å². The monoisotopic (exact) mass is 282 g/mol. The van der Waals surface area contributed by atoms with E-state index >= 15 is 0 Å². The van der Waals surface area contributed by atoms with Gasteiger partial charge in [0, 0.05) is 32.2 Å². The molecule has 6 heteroatoms. The molecule has 1 atom stereocenters. The second-order valence-corrected chi connectivity index (χ2v) is 5.98. The summed E-state index contributed by atoms with van der Waals surface area (Å²) in [6, 6.07) is 0.370. The first-order valence-electron chi connectivity index (χ1n) is 6.89. The third-order valence-electron chi connectivity index (χ3n) is 3.79. The first kappa shape index (κ1) is 12.9. The van der Waals surface area contributed by atoms with Crippen LogP contribution >= 0.6 is 11.6 Å². The van der Waals surface area contributed by atoms with E-state index in [1.807, 2.05) is 0 Å². The summed E-state index contributed by atoms with van der Waals surface area (Å²) < 4.78 is 1.57. The molecule has 0 spiro atoms. The largest absolute Gasteiger partial charge is 0.363 e. The number of halogens is 1. The fraction of sp³-hybridized carbons (Fsp3) is 0.692. The van der Waals surface area contributed by atoms with Crippen LogP contribution in [-0.4, -0.2) is 35.5 Å². The molecule has 3 rings (SSSR count). The second-order valence-electron chi connectivity index (χ2n) is 5.57. The minimum absolute atomic E-state index is 0.0477. The zero-order valence-electron chi connectivity index (χ0n) is 11.1. The quantitative estimate of drug-likeness (QED) is 0.902. The molecule has 0 bridgehead atoms. The molecule has 0 unspecified atom stereocenters. The van der Waals surface area contributed by atoms with Crippen molar-refractivity contribution in [3.63, 3.8) is 0 Å². The van der Waals surface area contributed by atoms with Gasteiger partial charge in [-0.05, 0) is 25.7 Å². The summed E-state index contributed by atoms with van der Waals surface area (Å²) in [5.74, 6) is 0.626. The molecule has 0 radical (unpaired) electrons. The summed E-state index contributed by atoms with van der Waals surface area (Å²) in [6.07, 6.45) is 4.01. The summed E-state index contributed by atoms with van der Waals surface area (Å²) in [7, 11) is 0. The number of rotatable bonds is 3. The Kier molecular flexibility index (Phi) is 3.50. The van der Waals surface area contributed by atoms with E-state index in [0.29, 0.717) is 22.7 Å². The van der Waals surface area contributed by atoms with Crippen LogP contribution in [0.2, 0.25) is 5.02 Å². The topological polar surface area (TPSA) is 50.2 Å². The van der Waals surface area contributed by atoms with Crippen LogP contribution in [0.25, 0.3) is 0 Å². The van der Waals surface area contributed by atoms with Gasteiger partial charge in [-0.2, -0.15) is 5.10 Å². The Morgan fingerprint density at radius 1 is 1.53 bits per heavy atom. The summed E-state index contributed by atoms with van der Waals surface area (Å²) in [4.78, 5) is 14.6. The SMILES string of the molecule is C[C@@H]1CN(c2c(Cl)cnn(CC3CC3)c2=O)CCN1. The number of piperazine rings is 1. The number of nitrogens with one attached hydrogen (secondary N) is 1. The number of aromatic nitrogens is 2. The van der Waals surface area contributed by atoms with E-state index in [-0.39, 0.29) is 5.56 Å². The zero-order chi connectivity index (χ0) is 13.4. The van der Waals surface area contributed by atoms with E-state index in [2.05, 4.69) is 22.2 Å². The molecule has 2 heterocycles. The van der Waals surface area contributed by atoms with Crippen LogP contribution in [0.15, 0.2) is 11.0 Å². The normalized spacial score (nSPS) is 23.7. The van der Waals surface area contributed by atoms with Crippen molar-refractivity contribution in [3.05, 3.63) is 21.6 Å². The molecule has 1 saturated heterocycles. The van der Waals surface area contributed by atoms with Crippen LogP contribution < -0.4 is 15.8 Å². The lowest BCUT2D eigenvalue weighted by atomic mass is 10.2. The van der Waals surface area contributed by atoms with Crippen LogP contribution in [0.5, 0.6) is 0 Å². The summed E-state index contributed by atoms with van der Waals surface area (Å²) in [5, 5.41) is 7.99. The highest BCUT2D eigenvalue weighted by atomic mass is 35.5. The average molecular weight is 283 g/mol. The van der Waals surface area contributed by atoms with Crippen LogP contribution in [0, 0.1) is 5.92 Å². The van der Waals surface area contributed by atoms with Gasteiger partial charge < -0.3 is 10.2 Å². The van der Waals surface area contributed by atoms with Crippen LogP contribution in [0.3, 0.4) is 0 Å². The molecule has 0 amide bonds. The van der Waals surface area contributed by atoms with E-state index in [1.165, 1.54) is 12.8 Å². The van der Waals surface area contributed by atoms with Gasteiger partial charge in [0.25, 0.3) is 5.56 Å². The van der Waals surface area contributed by atoms with Gasteiger partial charge in [-0.1, -0.05) is 11.6 Å². The molecular weight excluding hydrogens is 264 g/mol. The standard InChI is InChI=1S/C13H19ClN4O/c1-9-7-17(5-4-15-9)12-11(14)6-16-18(13(12)19)8-10-2-3-10/h6,9-10,15H,2-5,7-8H2,1H3/t9-/m1/s1. The van der Waals surface area contributed by atoms with Crippen molar-refractivity contribution in [2.45, 2.75) is 32.4 Å². The lowest BCUT2D eigenvalue weighted by molar-refractivity contribution is 0.478. The van der Waals surface area contributed by atoms with Crippen LogP contribution in [-0.2, 0) is 6.54 Å². The van der Waals surface area contributed by atoms with Crippen LogP contribution in [0.4, 0.5) is 5.69 Å². The van der Waals surface area contributed by atoms with Gasteiger partial charge in [0.2, 0.25) is 0 Å². The van der Waals surface area contributed by atoms with Gasteiger partial charge in [-0.15, -0.1) is 0 Å². The highest BCUT2D eigenvalue weighted by molar-refractivity contribution is 6.33. The lowest BCUT2D eigenvalue weighted by Crippen LogP contribution is -2.51. The smallest absolute Gasteiger partial charge is 0.291 e. The molecule has 1 aromatic rings. The first-order valence-corrected chi connectivity index (χ1v) is 7.27. The predicted molar refractivity (Wildman–Crippen MR) is 75.9 cm³/mol. The lowest BCUT2D eigenvalue weighted by Gasteiger charge is -2.33. The second kappa shape index (κ2) is 5.13. The summed E-state index contributed by atoms with van der Waals surface area (Å²) >= 11 is 6.20. The van der Waals surface area contributed by atoms with E-state index < -0.39 is 0 Å².